The number of hydrogen-bond donors (Lipinski definition) is 1. The van der Waals surface area contributed by atoms with E-state index in [9.17, 15) is 9.59 Å². The first-order chi connectivity index (χ1) is 13.0. The first-order valence-electron chi connectivity index (χ1n) is 9.76. The Morgan fingerprint density at radius 1 is 1.37 bits per heavy atom. The maximum absolute atomic E-state index is 13.0. The molecular weight excluding hydrogens is 342 g/mol. The Morgan fingerprint density at radius 2 is 2.11 bits per heavy atom. The zero-order valence-electron chi connectivity index (χ0n) is 16.5. The van der Waals surface area contributed by atoms with Crippen LogP contribution >= 0.6 is 0 Å². The molecule has 2 amide bonds. The third-order valence-electron chi connectivity index (χ3n) is 5.60. The summed E-state index contributed by atoms with van der Waals surface area (Å²) in [5, 5.41) is 3.01. The van der Waals surface area contributed by atoms with Crippen molar-refractivity contribution in [1.29, 1.82) is 0 Å². The highest BCUT2D eigenvalue weighted by Gasteiger charge is 2.49. The molecule has 1 aliphatic heterocycles. The number of rotatable bonds is 6. The molecule has 1 spiro atoms. The number of carbonyl (C=O) groups excluding carboxylic acids is 2. The highest BCUT2D eigenvalue weighted by atomic mass is 16.5. The molecular formula is C21H29N3O3. The van der Waals surface area contributed by atoms with Gasteiger partial charge in [-0.2, -0.15) is 0 Å². The summed E-state index contributed by atoms with van der Waals surface area (Å²) in [5.74, 6) is 0.891. The molecule has 0 aromatic heterocycles. The number of nitrogens with zero attached hydrogens (tertiary/aromatic N) is 2. The number of aliphatic imine (C=N–C) groups is 1. The summed E-state index contributed by atoms with van der Waals surface area (Å²) in [6.45, 7) is 5.07. The number of benzene rings is 1. The lowest BCUT2D eigenvalue weighted by Gasteiger charge is -2.33. The number of anilines is 1. The van der Waals surface area contributed by atoms with Crippen LogP contribution in [0.2, 0.25) is 0 Å². The van der Waals surface area contributed by atoms with Crippen LogP contribution in [0.5, 0.6) is 0 Å². The van der Waals surface area contributed by atoms with Crippen LogP contribution in [0.15, 0.2) is 29.3 Å². The predicted octanol–water partition coefficient (Wildman–Crippen LogP) is 3.16. The highest BCUT2D eigenvalue weighted by Crippen LogP contribution is 2.40. The number of carbonyl (C=O) groups is 2. The van der Waals surface area contributed by atoms with E-state index >= 15 is 0 Å². The highest BCUT2D eigenvalue weighted by molar-refractivity contribution is 6.08. The summed E-state index contributed by atoms with van der Waals surface area (Å²) >= 11 is 0. The van der Waals surface area contributed by atoms with Crippen LogP contribution in [0.25, 0.3) is 0 Å². The Hall–Kier alpha value is -2.21. The molecule has 27 heavy (non-hydrogen) atoms. The van der Waals surface area contributed by atoms with E-state index in [1.54, 1.807) is 12.0 Å². The van der Waals surface area contributed by atoms with Gasteiger partial charge in [-0.05, 0) is 50.3 Å². The molecule has 0 bridgehead atoms. The van der Waals surface area contributed by atoms with Gasteiger partial charge in [-0.25, -0.2) is 0 Å². The fourth-order valence-corrected chi connectivity index (χ4v) is 4.06. The van der Waals surface area contributed by atoms with E-state index in [1.165, 1.54) is 0 Å². The Labute approximate surface area is 161 Å². The Balaban J connectivity index is 1.63. The first kappa shape index (κ1) is 19.5. The lowest BCUT2D eigenvalue weighted by molar-refractivity contribution is -0.134. The molecule has 2 aliphatic rings. The van der Waals surface area contributed by atoms with Gasteiger partial charge >= 0.3 is 0 Å². The summed E-state index contributed by atoms with van der Waals surface area (Å²) in [5.41, 5.74) is 1.28. The number of hydrogen-bond acceptors (Lipinski definition) is 4. The first-order valence-corrected chi connectivity index (χ1v) is 9.76. The number of methoxy groups -OCH3 is 1. The van der Waals surface area contributed by atoms with Crippen LogP contribution in [0.1, 0.15) is 44.6 Å². The van der Waals surface area contributed by atoms with E-state index < -0.39 is 5.54 Å². The van der Waals surface area contributed by atoms with Gasteiger partial charge in [0.2, 0.25) is 5.91 Å². The van der Waals surface area contributed by atoms with Crippen LogP contribution < -0.4 is 5.32 Å². The molecule has 1 aliphatic carbocycles. The largest absolute Gasteiger partial charge is 0.383 e. The van der Waals surface area contributed by atoms with Crippen molar-refractivity contribution in [3.63, 3.8) is 0 Å². The summed E-state index contributed by atoms with van der Waals surface area (Å²) < 4.78 is 5.13. The van der Waals surface area contributed by atoms with Gasteiger partial charge in [-0.3, -0.25) is 19.5 Å². The normalized spacial score (nSPS) is 25.0. The SMILES string of the molecule is CCC1=NC2(CCC(C(=O)Nc3cccc(C)c3)CC2)C(=O)N1CCOC. The van der Waals surface area contributed by atoms with E-state index in [0.717, 1.165) is 23.5 Å². The van der Waals surface area contributed by atoms with Crippen LogP contribution in [0, 0.1) is 12.8 Å². The van der Waals surface area contributed by atoms with Crippen LogP contribution in [-0.2, 0) is 14.3 Å². The van der Waals surface area contributed by atoms with E-state index in [4.69, 9.17) is 9.73 Å². The van der Waals surface area contributed by atoms with Gasteiger partial charge in [0.1, 0.15) is 11.4 Å². The van der Waals surface area contributed by atoms with E-state index in [0.29, 0.717) is 38.8 Å². The Kier molecular flexibility index (Phi) is 5.95. The Bertz CT molecular complexity index is 736. The summed E-state index contributed by atoms with van der Waals surface area (Å²) in [7, 11) is 1.64. The molecule has 6 heteroatoms. The quantitative estimate of drug-likeness (QED) is 0.835. The molecule has 0 radical (unpaired) electrons. The standard InChI is InChI=1S/C21H29N3O3/c1-4-18-23-21(20(26)24(18)12-13-27-3)10-8-16(9-11-21)19(25)22-17-7-5-6-15(2)14-17/h5-7,14,16H,4,8-13H2,1-3H3,(H,22,25). The Morgan fingerprint density at radius 3 is 2.74 bits per heavy atom. The molecule has 1 saturated carbocycles. The smallest absolute Gasteiger partial charge is 0.255 e. The second-order valence-electron chi connectivity index (χ2n) is 7.50. The van der Waals surface area contributed by atoms with Crippen molar-refractivity contribution < 1.29 is 14.3 Å². The van der Waals surface area contributed by atoms with Gasteiger partial charge in [-0.1, -0.05) is 19.1 Å². The van der Waals surface area contributed by atoms with Crippen molar-refractivity contribution in [1.82, 2.24) is 4.90 Å². The van der Waals surface area contributed by atoms with Crippen LogP contribution in [0.3, 0.4) is 0 Å². The summed E-state index contributed by atoms with van der Waals surface area (Å²) in [4.78, 5) is 32.2. The predicted molar refractivity (Wildman–Crippen MR) is 106 cm³/mol. The average molecular weight is 371 g/mol. The van der Waals surface area contributed by atoms with Crippen molar-refractivity contribution >= 4 is 23.3 Å². The molecule has 6 nitrogen and oxygen atoms in total. The minimum absolute atomic E-state index is 0.0387. The zero-order chi connectivity index (χ0) is 19.4. The summed E-state index contributed by atoms with van der Waals surface area (Å²) in [6, 6.07) is 7.81. The fraction of sp³-hybridized carbons (Fsp3) is 0.571. The van der Waals surface area contributed by atoms with Gasteiger partial charge in [0.15, 0.2) is 0 Å². The molecule has 1 aromatic rings. The molecule has 0 atom stereocenters. The van der Waals surface area contributed by atoms with Crippen molar-refractivity contribution in [2.45, 2.75) is 51.5 Å². The minimum Gasteiger partial charge on any atom is -0.383 e. The number of ether oxygens (including phenoxy) is 1. The number of aryl methyl sites for hydroxylation is 1. The fourth-order valence-electron chi connectivity index (χ4n) is 4.06. The second-order valence-corrected chi connectivity index (χ2v) is 7.50. The van der Waals surface area contributed by atoms with Crippen molar-refractivity contribution in [2.75, 3.05) is 25.6 Å². The maximum Gasteiger partial charge on any atom is 0.255 e. The molecule has 0 saturated heterocycles. The van der Waals surface area contributed by atoms with Gasteiger partial charge in [0.05, 0.1) is 13.2 Å². The minimum atomic E-state index is -0.667. The van der Waals surface area contributed by atoms with E-state index in [1.807, 2.05) is 38.1 Å². The number of amides is 2. The lowest BCUT2D eigenvalue weighted by atomic mass is 9.76. The maximum atomic E-state index is 13.0. The molecule has 146 valence electrons. The van der Waals surface area contributed by atoms with E-state index in [2.05, 4.69) is 5.32 Å². The second kappa shape index (κ2) is 8.21. The van der Waals surface area contributed by atoms with Crippen LogP contribution in [-0.4, -0.2) is 48.4 Å². The van der Waals surface area contributed by atoms with Gasteiger partial charge in [0.25, 0.3) is 5.91 Å². The molecule has 3 rings (SSSR count). The number of amidine groups is 1. The number of nitrogens with one attached hydrogen (secondary N) is 1. The molecule has 1 N–H and O–H groups in total. The van der Waals surface area contributed by atoms with E-state index in [-0.39, 0.29) is 17.7 Å². The van der Waals surface area contributed by atoms with Gasteiger partial charge < -0.3 is 10.1 Å². The third kappa shape index (κ3) is 4.05. The molecule has 0 unspecified atom stereocenters. The molecule has 1 fully saturated rings. The monoisotopic (exact) mass is 371 g/mol. The van der Waals surface area contributed by atoms with Crippen molar-refractivity contribution in [2.24, 2.45) is 10.9 Å². The zero-order valence-corrected chi connectivity index (χ0v) is 16.5. The van der Waals surface area contributed by atoms with Crippen molar-refractivity contribution in [3.8, 4) is 0 Å². The molecule has 1 heterocycles. The van der Waals surface area contributed by atoms with Gasteiger partial charge in [0, 0.05) is 25.1 Å². The lowest BCUT2D eigenvalue weighted by Crippen LogP contribution is -2.46. The molecule has 1 aromatic carbocycles. The average Bonchev–Trinajstić information content (AvgIpc) is 2.92. The van der Waals surface area contributed by atoms with Gasteiger partial charge in [-0.15, -0.1) is 0 Å². The topological polar surface area (TPSA) is 71.0 Å². The van der Waals surface area contributed by atoms with Crippen LogP contribution in [0.4, 0.5) is 5.69 Å². The summed E-state index contributed by atoms with van der Waals surface area (Å²) in [6.07, 6.45) is 3.36. The third-order valence-corrected chi connectivity index (χ3v) is 5.60. The van der Waals surface area contributed by atoms with Crippen molar-refractivity contribution in [3.05, 3.63) is 29.8 Å².